The van der Waals surface area contributed by atoms with Crippen LogP contribution in [0.3, 0.4) is 0 Å². The van der Waals surface area contributed by atoms with Crippen LogP contribution < -0.4 is 0 Å². The summed E-state index contributed by atoms with van der Waals surface area (Å²) in [6.07, 6.45) is 0. The minimum Gasteiger partial charge on any atom is -0.298 e. The number of rotatable bonds is 0. The summed E-state index contributed by atoms with van der Waals surface area (Å²) in [5.41, 5.74) is -2.14. The van der Waals surface area contributed by atoms with Crippen LogP contribution in [0.4, 0.5) is 0 Å². The van der Waals surface area contributed by atoms with Gasteiger partial charge in [0.05, 0.1) is 5.41 Å². The highest BCUT2D eigenvalue weighted by molar-refractivity contribution is 6.13. The molecule has 0 aromatic rings. The summed E-state index contributed by atoms with van der Waals surface area (Å²) in [4.78, 5) is 24.9. The predicted molar refractivity (Wildman–Crippen MR) is 65.1 cm³/mol. The molecular weight excluding hydrogens is 200 g/mol. The molecule has 1 aliphatic rings. The van der Waals surface area contributed by atoms with Crippen LogP contribution >= 0.6 is 0 Å². The number of carbonyl (C=O) groups excluding carboxylic acids is 2. The Labute approximate surface area is 98.8 Å². The van der Waals surface area contributed by atoms with Crippen molar-refractivity contribution in [2.45, 2.75) is 55.4 Å². The van der Waals surface area contributed by atoms with E-state index in [-0.39, 0.29) is 17.0 Å². The first-order valence-electron chi connectivity index (χ1n) is 5.91. The Morgan fingerprint density at radius 2 is 0.875 bits per heavy atom. The summed E-state index contributed by atoms with van der Waals surface area (Å²) in [5, 5.41) is 0. The van der Waals surface area contributed by atoms with E-state index in [1.807, 2.05) is 41.5 Å². The van der Waals surface area contributed by atoms with Gasteiger partial charge in [0.1, 0.15) is 0 Å². The van der Waals surface area contributed by atoms with E-state index in [9.17, 15) is 9.59 Å². The lowest BCUT2D eigenvalue weighted by atomic mass is 9.43. The van der Waals surface area contributed by atoms with E-state index in [1.165, 1.54) is 0 Å². The van der Waals surface area contributed by atoms with E-state index >= 15 is 0 Å². The second-order valence-corrected chi connectivity index (χ2v) is 7.16. The van der Waals surface area contributed by atoms with Gasteiger partial charge in [0.15, 0.2) is 11.6 Å². The van der Waals surface area contributed by atoms with Gasteiger partial charge < -0.3 is 0 Å². The molecule has 0 aliphatic heterocycles. The zero-order valence-corrected chi connectivity index (χ0v) is 11.8. The fourth-order valence-electron chi connectivity index (χ4n) is 3.01. The lowest BCUT2D eigenvalue weighted by molar-refractivity contribution is -0.175. The van der Waals surface area contributed by atoms with Crippen molar-refractivity contribution in [3.8, 4) is 0 Å². The molecule has 0 saturated heterocycles. The first kappa shape index (κ1) is 13.4. The molecule has 1 rings (SSSR count). The highest BCUT2D eigenvalue weighted by Gasteiger charge is 2.65. The Balaban J connectivity index is 3.53. The normalized spacial score (nSPS) is 30.2. The first-order valence-corrected chi connectivity index (χ1v) is 5.91. The Bertz CT molecular complexity index is 325. The standard InChI is InChI=1S/C14H24O2/c1-11(2)9(15)12(3,4)14(7,8)13(5,6)10(11)16/h1-8H3. The average molecular weight is 224 g/mol. The third kappa shape index (κ3) is 1.19. The highest BCUT2D eigenvalue weighted by atomic mass is 16.2. The van der Waals surface area contributed by atoms with Crippen LogP contribution in [0, 0.1) is 21.7 Å². The monoisotopic (exact) mass is 224 g/mol. The number of hydrogen-bond donors (Lipinski definition) is 0. The molecule has 1 aliphatic carbocycles. The second kappa shape index (κ2) is 2.96. The van der Waals surface area contributed by atoms with Gasteiger partial charge in [-0.25, -0.2) is 0 Å². The number of hydrogen-bond acceptors (Lipinski definition) is 2. The van der Waals surface area contributed by atoms with E-state index in [0.29, 0.717) is 0 Å². The van der Waals surface area contributed by atoms with E-state index < -0.39 is 16.2 Å². The zero-order chi connectivity index (χ0) is 13.2. The minimum absolute atomic E-state index is 0.0642. The van der Waals surface area contributed by atoms with Crippen LogP contribution in [-0.4, -0.2) is 11.6 Å². The lowest BCUT2D eigenvalue weighted by Crippen LogP contribution is -2.64. The molecule has 0 aromatic heterocycles. The molecule has 2 nitrogen and oxygen atoms in total. The molecule has 0 N–H and O–H groups in total. The van der Waals surface area contributed by atoms with E-state index in [4.69, 9.17) is 0 Å². The Morgan fingerprint density at radius 3 is 1.12 bits per heavy atom. The summed E-state index contributed by atoms with van der Waals surface area (Å²) in [5.74, 6) is 0.128. The van der Waals surface area contributed by atoms with Gasteiger partial charge in [0.25, 0.3) is 0 Å². The van der Waals surface area contributed by atoms with Crippen LogP contribution in [0.1, 0.15) is 55.4 Å². The molecule has 0 amide bonds. The van der Waals surface area contributed by atoms with Gasteiger partial charge in [-0.05, 0) is 19.3 Å². The van der Waals surface area contributed by atoms with E-state index in [0.717, 1.165) is 0 Å². The Morgan fingerprint density at radius 1 is 0.625 bits per heavy atom. The third-order valence-electron chi connectivity index (χ3n) is 5.40. The number of ketones is 2. The molecule has 0 heterocycles. The van der Waals surface area contributed by atoms with Crippen molar-refractivity contribution in [3.05, 3.63) is 0 Å². The molecule has 0 spiro atoms. The van der Waals surface area contributed by atoms with Crippen molar-refractivity contribution in [1.82, 2.24) is 0 Å². The van der Waals surface area contributed by atoms with Crippen LogP contribution in [0.15, 0.2) is 0 Å². The van der Waals surface area contributed by atoms with E-state index in [1.54, 1.807) is 13.8 Å². The smallest absolute Gasteiger partial charge is 0.151 e. The van der Waals surface area contributed by atoms with Gasteiger partial charge in [0.2, 0.25) is 0 Å². The lowest BCUT2D eigenvalue weighted by Gasteiger charge is -2.58. The van der Waals surface area contributed by atoms with Crippen LogP contribution in [0.2, 0.25) is 0 Å². The van der Waals surface area contributed by atoms with Crippen LogP contribution in [0.25, 0.3) is 0 Å². The van der Waals surface area contributed by atoms with Crippen molar-refractivity contribution in [1.29, 1.82) is 0 Å². The van der Waals surface area contributed by atoms with Crippen molar-refractivity contribution >= 4 is 11.6 Å². The molecule has 0 unspecified atom stereocenters. The quantitative estimate of drug-likeness (QED) is 0.592. The second-order valence-electron chi connectivity index (χ2n) is 7.16. The molecule has 0 atom stereocenters. The molecule has 2 heteroatoms. The van der Waals surface area contributed by atoms with Gasteiger partial charge in [-0.3, -0.25) is 9.59 Å². The SMILES string of the molecule is CC1(C)C(=O)C(C)(C)C(C)(C)C(C)(C)C1=O. The summed E-state index contributed by atoms with van der Waals surface area (Å²) < 4.78 is 0. The molecule has 16 heavy (non-hydrogen) atoms. The van der Waals surface area contributed by atoms with Gasteiger partial charge >= 0.3 is 0 Å². The van der Waals surface area contributed by atoms with E-state index in [2.05, 4.69) is 0 Å². The predicted octanol–water partition coefficient (Wildman–Crippen LogP) is 3.24. The molecule has 0 bridgehead atoms. The highest BCUT2D eigenvalue weighted by Crippen LogP contribution is 2.60. The van der Waals surface area contributed by atoms with Gasteiger partial charge in [-0.15, -0.1) is 0 Å². The third-order valence-corrected chi connectivity index (χ3v) is 5.40. The average Bonchev–Trinajstić information content (AvgIpc) is 2.13. The van der Waals surface area contributed by atoms with Crippen molar-refractivity contribution in [2.24, 2.45) is 21.7 Å². The van der Waals surface area contributed by atoms with Gasteiger partial charge in [-0.2, -0.15) is 0 Å². The maximum absolute atomic E-state index is 12.5. The first-order chi connectivity index (χ1) is 6.81. The van der Waals surface area contributed by atoms with Gasteiger partial charge in [-0.1, -0.05) is 41.5 Å². The maximum Gasteiger partial charge on any atom is 0.151 e. The largest absolute Gasteiger partial charge is 0.298 e. The Kier molecular flexibility index (Phi) is 2.48. The van der Waals surface area contributed by atoms with Crippen molar-refractivity contribution in [2.75, 3.05) is 0 Å². The Hall–Kier alpha value is -0.660. The summed E-state index contributed by atoms with van der Waals surface area (Å²) >= 11 is 0. The van der Waals surface area contributed by atoms with Gasteiger partial charge in [0, 0.05) is 10.8 Å². The fraction of sp³-hybridized carbons (Fsp3) is 0.857. The molecular formula is C14H24O2. The molecule has 0 radical (unpaired) electrons. The van der Waals surface area contributed by atoms with Crippen LogP contribution in [0.5, 0.6) is 0 Å². The zero-order valence-electron chi connectivity index (χ0n) is 11.8. The molecule has 0 aromatic carbocycles. The molecule has 92 valence electrons. The summed E-state index contributed by atoms with van der Waals surface area (Å²) in [6, 6.07) is 0. The maximum atomic E-state index is 12.5. The molecule has 1 saturated carbocycles. The number of Topliss-reactive ketones (excluding diaryl/α,β-unsaturated/α-hetero) is 2. The van der Waals surface area contributed by atoms with Crippen molar-refractivity contribution in [3.63, 3.8) is 0 Å². The topological polar surface area (TPSA) is 34.1 Å². The summed E-state index contributed by atoms with van der Waals surface area (Å²) in [6.45, 7) is 15.4. The fourth-order valence-corrected chi connectivity index (χ4v) is 3.01. The van der Waals surface area contributed by atoms with Crippen LogP contribution in [-0.2, 0) is 9.59 Å². The van der Waals surface area contributed by atoms with Crippen molar-refractivity contribution < 1.29 is 9.59 Å². The number of carbonyl (C=O) groups is 2. The minimum atomic E-state index is -0.859. The summed E-state index contributed by atoms with van der Waals surface area (Å²) in [7, 11) is 0. The molecule has 1 fully saturated rings.